The van der Waals surface area contributed by atoms with Crippen molar-refractivity contribution >= 4 is 10.9 Å². The molecule has 1 N–H and O–H groups in total. The predicted octanol–water partition coefficient (Wildman–Crippen LogP) is 3.64. The van der Waals surface area contributed by atoms with Gasteiger partial charge in [-0.1, -0.05) is 13.0 Å². The molecule has 0 bridgehead atoms. The Balaban J connectivity index is 1.49. The van der Waals surface area contributed by atoms with E-state index < -0.39 is 0 Å². The molecular weight excluding hydrogens is 470 g/mol. The van der Waals surface area contributed by atoms with Gasteiger partial charge in [-0.3, -0.25) is 14.7 Å². The molecular formula is C27H33N7O3. The van der Waals surface area contributed by atoms with Crippen molar-refractivity contribution < 1.29 is 9.47 Å². The predicted molar refractivity (Wildman–Crippen MR) is 139 cm³/mol. The van der Waals surface area contributed by atoms with Crippen LogP contribution in [0.15, 0.2) is 53.6 Å². The summed E-state index contributed by atoms with van der Waals surface area (Å²) < 4.78 is 13.4. The number of hydrogen-bond donors (Lipinski definition) is 1. The highest BCUT2D eigenvalue weighted by atomic mass is 16.5. The maximum atomic E-state index is 13.1. The quantitative estimate of drug-likeness (QED) is 0.330. The number of benzene rings is 1. The number of fused-ring (bicyclic) bond motifs is 1. The van der Waals surface area contributed by atoms with Crippen molar-refractivity contribution in [3.8, 4) is 5.75 Å². The van der Waals surface area contributed by atoms with E-state index in [-0.39, 0.29) is 17.7 Å². The first-order chi connectivity index (χ1) is 18.1. The standard InChI is InChI=1S/C27H33N7O3/c1-3-25(26-30-31-32-34(26)18-23-8-6-12-37-23)33(16-19-7-5-11-28-15-19)17-21-13-20-14-22(36-4-2)9-10-24(20)29-27(21)35/h5,7,9-11,13-15,23,25H,3-4,6,8,12,16-18H2,1-2H3,(H,29,35)/t23-,25+/m0/s1. The lowest BCUT2D eigenvalue weighted by molar-refractivity contribution is 0.0888. The van der Waals surface area contributed by atoms with Gasteiger partial charge >= 0.3 is 0 Å². The molecule has 1 aliphatic heterocycles. The molecule has 1 saturated heterocycles. The first kappa shape index (κ1) is 25.0. The van der Waals surface area contributed by atoms with Crippen LogP contribution in [0.1, 0.15) is 56.1 Å². The number of aromatic nitrogens is 6. The number of ether oxygens (including phenoxy) is 2. The summed E-state index contributed by atoms with van der Waals surface area (Å²) in [4.78, 5) is 22.7. The van der Waals surface area contributed by atoms with Gasteiger partial charge in [0.1, 0.15) is 5.75 Å². The number of pyridine rings is 2. The Hall–Kier alpha value is -3.63. The van der Waals surface area contributed by atoms with Gasteiger partial charge in [-0.15, -0.1) is 5.10 Å². The van der Waals surface area contributed by atoms with Crippen LogP contribution in [-0.4, -0.2) is 54.4 Å². The van der Waals surface area contributed by atoms with Crippen LogP contribution < -0.4 is 10.3 Å². The number of H-pyrrole nitrogens is 1. The summed E-state index contributed by atoms with van der Waals surface area (Å²) in [6.07, 6.45) is 6.57. The molecule has 1 aromatic carbocycles. The molecule has 4 aromatic rings. The monoisotopic (exact) mass is 503 g/mol. The van der Waals surface area contributed by atoms with Crippen molar-refractivity contribution in [3.63, 3.8) is 0 Å². The Bertz CT molecular complexity index is 1370. The molecule has 10 heteroatoms. The van der Waals surface area contributed by atoms with Crippen molar-refractivity contribution in [2.75, 3.05) is 13.2 Å². The minimum Gasteiger partial charge on any atom is -0.494 e. The minimum absolute atomic E-state index is 0.110. The largest absolute Gasteiger partial charge is 0.494 e. The van der Waals surface area contributed by atoms with Crippen molar-refractivity contribution in [2.24, 2.45) is 0 Å². The number of nitrogens with zero attached hydrogens (tertiary/aromatic N) is 6. The van der Waals surface area contributed by atoms with Crippen LogP contribution >= 0.6 is 0 Å². The van der Waals surface area contributed by atoms with Gasteiger partial charge in [-0.25, -0.2) is 4.68 Å². The van der Waals surface area contributed by atoms with Gasteiger partial charge < -0.3 is 14.5 Å². The normalized spacial score (nSPS) is 16.5. The third-order valence-electron chi connectivity index (χ3n) is 6.77. The molecule has 194 valence electrons. The fourth-order valence-electron chi connectivity index (χ4n) is 4.99. The maximum Gasteiger partial charge on any atom is 0.252 e. The highest BCUT2D eigenvalue weighted by molar-refractivity contribution is 5.80. The van der Waals surface area contributed by atoms with Crippen molar-refractivity contribution in [1.82, 2.24) is 35.1 Å². The molecule has 0 saturated carbocycles. The van der Waals surface area contributed by atoms with Gasteiger partial charge in [0.25, 0.3) is 5.56 Å². The molecule has 2 atom stereocenters. The zero-order valence-corrected chi connectivity index (χ0v) is 21.3. The van der Waals surface area contributed by atoms with Crippen molar-refractivity contribution in [1.29, 1.82) is 0 Å². The van der Waals surface area contributed by atoms with Gasteiger partial charge in [0.2, 0.25) is 0 Å². The summed E-state index contributed by atoms with van der Waals surface area (Å²) in [6, 6.07) is 11.5. The third kappa shape index (κ3) is 5.86. The Morgan fingerprint density at radius 2 is 2.16 bits per heavy atom. The zero-order chi connectivity index (χ0) is 25.6. The molecule has 1 aliphatic rings. The molecule has 0 amide bonds. The van der Waals surface area contributed by atoms with Gasteiger partial charge in [-0.2, -0.15) is 0 Å². The van der Waals surface area contributed by atoms with Gasteiger partial charge in [-0.05, 0) is 72.5 Å². The van der Waals surface area contributed by atoms with Crippen LogP contribution in [0.25, 0.3) is 10.9 Å². The summed E-state index contributed by atoms with van der Waals surface area (Å²) in [7, 11) is 0. The van der Waals surface area contributed by atoms with E-state index in [2.05, 4.69) is 37.3 Å². The Morgan fingerprint density at radius 3 is 2.92 bits per heavy atom. The van der Waals surface area contributed by atoms with E-state index in [1.807, 2.05) is 54.2 Å². The fourth-order valence-corrected chi connectivity index (χ4v) is 4.99. The smallest absolute Gasteiger partial charge is 0.252 e. The van der Waals surface area contributed by atoms with Gasteiger partial charge in [0.15, 0.2) is 5.82 Å². The SMILES string of the molecule is CCOc1ccc2[nH]c(=O)c(CN(Cc3cccnc3)[C@H](CC)c3nnnn3C[C@@H]3CCCO3)cc2c1. The third-order valence-corrected chi connectivity index (χ3v) is 6.77. The molecule has 3 aromatic heterocycles. The van der Waals surface area contributed by atoms with E-state index in [4.69, 9.17) is 9.47 Å². The lowest BCUT2D eigenvalue weighted by Crippen LogP contribution is -2.33. The molecule has 37 heavy (non-hydrogen) atoms. The van der Waals surface area contributed by atoms with Gasteiger partial charge in [0.05, 0.1) is 25.3 Å². The lowest BCUT2D eigenvalue weighted by atomic mass is 10.1. The zero-order valence-electron chi connectivity index (χ0n) is 21.3. The van der Waals surface area contributed by atoms with E-state index in [0.717, 1.165) is 53.9 Å². The van der Waals surface area contributed by atoms with E-state index in [1.54, 1.807) is 6.20 Å². The number of nitrogens with one attached hydrogen (secondary N) is 1. The molecule has 0 spiro atoms. The Labute approximate surface area is 215 Å². The summed E-state index contributed by atoms with van der Waals surface area (Å²) in [5.74, 6) is 1.55. The van der Waals surface area contributed by atoms with Crippen LogP contribution in [0.3, 0.4) is 0 Å². The van der Waals surface area contributed by atoms with E-state index in [9.17, 15) is 4.79 Å². The molecule has 10 nitrogen and oxygen atoms in total. The van der Waals surface area contributed by atoms with Crippen molar-refractivity contribution in [3.05, 3.63) is 76.1 Å². The fraction of sp³-hybridized carbons (Fsp3) is 0.444. The van der Waals surface area contributed by atoms with E-state index >= 15 is 0 Å². The van der Waals surface area contributed by atoms with Crippen LogP contribution in [0, 0.1) is 0 Å². The van der Waals surface area contributed by atoms with Gasteiger partial charge in [0, 0.05) is 48.6 Å². The number of tetrazole rings is 1. The minimum atomic E-state index is -0.110. The average molecular weight is 504 g/mol. The Morgan fingerprint density at radius 1 is 1.24 bits per heavy atom. The molecule has 5 rings (SSSR count). The topological polar surface area (TPSA) is 111 Å². The first-order valence-electron chi connectivity index (χ1n) is 12.9. The van der Waals surface area contributed by atoms with Crippen LogP contribution in [0.4, 0.5) is 0 Å². The number of rotatable bonds is 11. The summed E-state index contributed by atoms with van der Waals surface area (Å²) in [6.45, 7) is 7.07. The molecule has 0 aliphatic carbocycles. The molecule has 4 heterocycles. The number of aromatic amines is 1. The summed E-state index contributed by atoms with van der Waals surface area (Å²) >= 11 is 0. The van der Waals surface area contributed by atoms with Crippen LogP contribution in [0.5, 0.6) is 5.75 Å². The highest BCUT2D eigenvalue weighted by Gasteiger charge is 2.28. The van der Waals surface area contributed by atoms with Crippen molar-refractivity contribution in [2.45, 2.75) is 64.9 Å². The van der Waals surface area contributed by atoms with Crippen LogP contribution in [-0.2, 0) is 24.4 Å². The summed E-state index contributed by atoms with van der Waals surface area (Å²) in [5, 5.41) is 13.6. The summed E-state index contributed by atoms with van der Waals surface area (Å²) in [5.41, 5.74) is 2.39. The number of hydrogen-bond acceptors (Lipinski definition) is 8. The Kier molecular flexibility index (Phi) is 7.86. The molecule has 0 unspecified atom stereocenters. The second-order valence-electron chi connectivity index (χ2n) is 9.35. The lowest BCUT2D eigenvalue weighted by Gasteiger charge is -2.30. The second-order valence-corrected chi connectivity index (χ2v) is 9.35. The molecule has 0 radical (unpaired) electrons. The van der Waals surface area contributed by atoms with E-state index in [1.165, 1.54) is 0 Å². The highest BCUT2D eigenvalue weighted by Crippen LogP contribution is 2.28. The first-order valence-corrected chi connectivity index (χ1v) is 12.9. The maximum absolute atomic E-state index is 13.1. The van der Waals surface area contributed by atoms with Crippen LogP contribution in [0.2, 0.25) is 0 Å². The van der Waals surface area contributed by atoms with E-state index in [0.29, 0.717) is 31.8 Å². The molecule has 1 fully saturated rings. The second kappa shape index (κ2) is 11.6. The average Bonchev–Trinajstić information content (AvgIpc) is 3.59.